The van der Waals surface area contributed by atoms with Crippen LogP contribution in [0.2, 0.25) is 0 Å². The fourth-order valence-corrected chi connectivity index (χ4v) is 3.00. The minimum atomic E-state index is -0.478. The zero-order chi connectivity index (χ0) is 13.1. The molecular formula is C15H14F2S. The number of thioether (sulfide) groups is 1. The molecule has 2 aromatic rings. The molecule has 0 nitrogen and oxygen atoms in total. The van der Waals surface area contributed by atoms with Crippen molar-refractivity contribution in [2.24, 2.45) is 0 Å². The molecular weight excluding hydrogens is 250 g/mol. The molecule has 0 unspecified atom stereocenters. The van der Waals surface area contributed by atoms with E-state index in [2.05, 4.69) is 0 Å². The molecule has 0 N–H and O–H groups in total. The van der Waals surface area contributed by atoms with Crippen LogP contribution in [0.25, 0.3) is 0 Å². The monoisotopic (exact) mass is 264 g/mol. The maximum absolute atomic E-state index is 13.5. The van der Waals surface area contributed by atoms with Gasteiger partial charge in [0, 0.05) is 16.2 Å². The summed E-state index contributed by atoms with van der Waals surface area (Å²) in [5.74, 6) is -0.646. The van der Waals surface area contributed by atoms with Gasteiger partial charge in [0.15, 0.2) is 0 Å². The molecule has 18 heavy (non-hydrogen) atoms. The SMILES string of the molecule is Cc1cccc(C)c1SCc1c(F)cccc1F. The standard InChI is InChI=1S/C15H14F2S/c1-10-5-3-6-11(2)15(10)18-9-12-13(16)7-4-8-14(12)17/h3-8H,9H2,1-2H3. The first-order chi connectivity index (χ1) is 8.59. The summed E-state index contributed by atoms with van der Waals surface area (Å²) in [6.07, 6.45) is 0. The van der Waals surface area contributed by atoms with Gasteiger partial charge >= 0.3 is 0 Å². The molecule has 0 amide bonds. The topological polar surface area (TPSA) is 0 Å². The van der Waals surface area contributed by atoms with Gasteiger partial charge in [-0.1, -0.05) is 24.3 Å². The van der Waals surface area contributed by atoms with Crippen LogP contribution in [0, 0.1) is 25.5 Å². The van der Waals surface area contributed by atoms with Crippen LogP contribution in [0.3, 0.4) is 0 Å². The summed E-state index contributed by atoms with van der Waals surface area (Å²) in [6, 6.07) is 9.98. The molecule has 0 atom stereocenters. The van der Waals surface area contributed by atoms with E-state index in [1.54, 1.807) is 0 Å². The highest BCUT2D eigenvalue weighted by Crippen LogP contribution is 2.30. The normalized spacial score (nSPS) is 10.7. The minimum absolute atomic E-state index is 0.144. The third-order valence-corrected chi connectivity index (χ3v) is 4.20. The fourth-order valence-electron chi connectivity index (χ4n) is 1.84. The average molecular weight is 264 g/mol. The van der Waals surface area contributed by atoms with Gasteiger partial charge in [0.1, 0.15) is 11.6 Å². The largest absolute Gasteiger partial charge is 0.207 e. The molecule has 0 spiro atoms. The summed E-state index contributed by atoms with van der Waals surface area (Å²) in [6.45, 7) is 4.01. The van der Waals surface area contributed by atoms with Crippen molar-refractivity contribution in [2.75, 3.05) is 0 Å². The van der Waals surface area contributed by atoms with E-state index in [0.717, 1.165) is 16.0 Å². The Balaban J connectivity index is 2.22. The van der Waals surface area contributed by atoms with E-state index < -0.39 is 11.6 Å². The number of aryl methyl sites for hydroxylation is 2. The van der Waals surface area contributed by atoms with E-state index in [1.165, 1.54) is 30.0 Å². The van der Waals surface area contributed by atoms with E-state index in [0.29, 0.717) is 5.75 Å². The Morgan fingerprint density at radius 3 is 1.94 bits per heavy atom. The van der Waals surface area contributed by atoms with Crippen molar-refractivity contribution in [1.29, 1.82) is 0 Å². The molecule has 0 aliphatic heterocycles. The van der Waals surface area contributed by atoms with E-state index in [4.69, 9.17) is 0 Å². The van der Waals surface area contributed by atoms with Gasteiger partial charge in [-0.25, -0.2) is 8.78 Å². The third kappa shape index (κ3) is 2.72. The van der Waals surface area contributed by atoms with Gasteiger partial charge < -0.3 is 0 Å². The maximum atomic E-state index is 13.5. The van der Waals surface area contributed by atoms with Crippen LogP contribution in [0.5, 0.6) is 0 Å². The first kappa shape index (κ1) is 13.1. The second-order valence-electron chi connectivity index (χ2n) is 4.21. The van der Waals surface area contributed by atoms with Crippen LogP contribution in [0.1, 0.15) is 16.7 Å². The first-order valence-electron chi connectivity index (χ1n) is 5.71. The number of hydrogen-bond acceptors (Lipinski definition) is 1. The summed E-state index contributed by atoms with van der Waals surface area (Å²) in [5.41, 5.74) is 2.42. The van der Waals surface area contributed by atoms with Crippen molar-refractivity contribution in [3.8, 4) is 0 Å². The molecule has 0 aliphatic rings. The van der Waals surface area contributed by atoms with Crippen LogP contribution in [-0.4, -0.2) is 0 Å². The number of rotatable bonds is 3. The summed E-state index contributed by atoms with van der Waals surface area (Å²) >= 11 is 1.48. The van der Waals surface area contributed by atoms with Gasteiger partial charge in [-0.3, -0.25) is 0 Å². The summed E-state index contributed by atoms with van der Waals surface area (Å²) in [5, 5.41) is 0. The van der Waals surface area contributed by atoms with Gasteiger partial charge in [0.2, 0.25) is 0 Å². The van der Waals surface area contributed by atoms with Gasteiger partial charge in [-0.2, -0.15) is 0 Å². The molecule has 0 saturated heterocycles. The molecule has 2 rings (SSSR count). The maximum Gasteiger partial charge on any atom is 0.130 e. The first-order valence-corrected chi connectivity index (χ1v) is 6.70. The molecule has 3 heteroatoms. The lowest BCUT2D eigenvalue weighted by Gasteiger charge is -2.10. The van der Waals surface area contributed by atoms with E-state index in [1.807, 2.05) is 32.0 Å². The smallest absolute Gasteiger partial charge is 0.130 e. The summed E-state index contributed by atoms with van der Waals surface area (Å²) in [7, 11) is 0. The highest BCUT2D eigenvalue weighted by atomic mass is 32.2. The lowest BCUT2D eigenvalue weighted by molar-refractivity contribution is 0.566. The second-order valence-corrected chi connectivity index (χ2v) is 5.20. The van der Waals surface area contributed by atoms with Crippen LogP contribution >= 0.6 is 11.8 Å². The Morgan fingerprint density at radius 1 is 0.889 bits per heavy atom. The molecule has 0 aromatic heterocycles. The zero-order valence-electron chi connectivity index (χ0n) is 10.3. The molecule has 0 heterocycles. The summed E-state index contributed by atoms with van der Waals surface area (Å²) < 4.78 is 27.0. The van der Waals surface area contributed by atoms with E-state index >= 15 is 0 Å². The zero-order valence-corrected chi connectivity index (χ0v) is 11.2. The Morgan fingerprint density at radius 2 is 1.39 bits per heavy atom. The lowest BCUT2D eigenvalue weighted by Crippen LogP contribution is -1.94. The van der Waals surface area contributed by atoms with Gasteiger partial charge in [-0.05, 0) is 37.1 Å². The molecule has 2 aromatic carbocycles. The molecule has 0 saturated carbocycles. The van der Waals surface area contributed by atoms with E-state index in [9.17, 15) is 8.78 Å². The quantitative estimate of drug-likeness (QED) is 0.712. The predicted octanol–water partition coefficient (Wildman–Crippen LogP) is 4.87. The van der Waals surface area contributed by atoms with Gasteiger partial charge in [-0.15, -0.1) is 11.8 Å². The molecule has 0 fully saturated rings. The Labute approximate surface area is 110 Å². The van der Waals surface area contributed by atoms with Crippen molar-refractivity contribution in [3.63, 3.8) is 0 Å². The Kier molecular flexibility index (Phi) is 4.02. The molecule has 0 aliphatic carbocycles. The van der Waals surface area contributed by atoms with Crippen molar-refractivity contribution < 1.29 is 8.78 Å². The van der Waals surface area contributed by atoms with Crippen LogP contribution < -0.4 is 0 Å². The third-order valence-electron chi connectivity index (χ3n) is 2.83. The van der Waals surface area contributed by atoms with E-state index in [-0.39, 0.29) is 5.56 Å². The van der Waals surface area contributed by atoms with Crippen molar-refractivity contribution in [2.45, 2.75) is 24.5 Å². The molecule has 0 bridgehead atoms. The number of halogens is 2. The fraction of sp³-hybridized carbons (Fsp3) is 0.200. The second kappa shape index (κ2) is 5.53. The van der Waals surface area contributed by atoms with Crippen molar-refractivity contribution >= 4 is 11.8 Å². The predicted molar refractivity (Wildman–Crippen MR) is 71.8 cm³/mol. The average Bonchev–Trinajstić information content (AvgIpc) is 2.31. The van der Waals surface area contributed by atoms with Crippen molar-refractivity contribution in [3.05, 3.63) is 64.7 Å². The summed E-state index contributed by atoms with van der Waals surface area (Å²) in [4.78, 5) is 1.10. The van der Waals surface area contributed by atoms with Gasteiger partial charge in [0.25, 0.3) is 0 Å². The van der Waals surface area contributed by atoms with Crippen molar-refractivity contribution in [1.82, 2.24) is 0 Å². The Bertz CT molecular complexity index is 472. The highest BCUT2D eigenvalue weighted by molar-refractivity contribution is 7.98. The minimum Gasteiger partial charge on any atom is -0.207 e. The lowest BCUT2D eigenvalue weighted by atomic mass is 10.2. The van der Waals surface area contributed by atoms with Crippen LogP contribution in [0.4, 0.5) is 8.78 Å². The van der Waals surface area contributed by atoms with Gasteiger partial charge in [0.05, 0.1) is 0 Å². The molecule has 94 valence electrons. The van der Waals surface area contributed by atoms with Crippen LogP contribution in [0.15, 0.2) is 41.3 Å². The highest BCUT2D eigenvalue weighted by Gasteiger charge is 2.10. The number of hydrogen-bond donors (Lipinski definition) is 0. The van der Waals surface area contributed by atoms with Crippen LogP contribution in [-0.2, 0) is 5.75 Å². The number of benzene rings is 2. The Hall–Kier alpha value is -1.35. The molecule has 0 radical (unpaired) electrons.